The molecule has 1 nitrogen and oxygen atoms in total. The van der Waals surface area contributed by atoms with Gasteiger partial charge < -0.3 is 5.11 Å². The average Bonchev–Trinajstić information content (AvgIpc) is 2.39. The molecule has 1 N–H and O–H groups in total. The summed E-state index contributed by atoms with van der Waals surface area (Å²) in [7, 11) is 0. The summed E-state index contributed by atoms with van der Waals surface area (Å²) >= 11 is 3.43. The van der Waals surface area contributed by atoms with Gasteiger partial charge in [-0.1, -0.05) is 65.7 Å². The van der Waals surface area contributed by atoms with Crippen LogP contribution in [0.2, 0.25) is 0 Å². The molecule has 0 spiro atoms. The van der Waals surface area contributed by atoms with E-state index in [1.807, 2.05) is 36.4 Å². The first-order valence-electron chi connectivity index (χ1n) is 6.23. The first-order valence-corrected chi connectivity index (χ1v) is 7.02. The fraction of sp³-hybridized carbons (Fsp3) is 0.250. The van der Waals surface area contributed by atoms with Crippen molar-refractivity contribution in [3.63, 3.8) is 0 Å². The molecule has 0 aliphatic rings. The van der Waals surface area contributed by atoms with Gasteiger partial charge >= 0.3 is 0 Å². The third-order valence-electron chi connectivity index (χ3n) is 2.97. The number of hydrogen-bond donors (Lipinski definition) is 1. The summed E-state index contributed by atoms with van der Waals surface area (Å²) in [6.45, 7) is 2.16. The quantitative estimate of drug-likeness (QED) is 0.883. The zero-order valence-electron chi connectivity index (χ0n) is 10.4. The Morgan fingerprint density at radius 1 is 1.06 bits per heavy atom. The van der Waals surface area contributed by atoms with Crippen LogP contribution in [-0.4, -0.2) is 5.11 Å². The van der Waals surface area contributed by atoms with E-state index in [0.717, 1.165) is 28.4 Å². The van der Waals surface area contributed by atoms with Gasteiger partial charge in [-0.15, -0.1) is 0 Å². The molecular formula is C16H17BrO. The van der Waals surface area contributed by atoms with Gasteiger partial charge in [-0.25, -0.2) is 0 Å². The van der Waals surface area contributed by atoms with E-state index in [-0.39, 0.29) is 0 Å². The molecule has 1 unspecified atom stereocenters. The lowest BCUT2D eigenvalue weighted by atomic mass is 9.98. The van der Waals surface area contributed by atoms with Crippen molar-refractivity contribution in [3.8, 4) is 0 Å². The van der Waals surface area contributed by atoms with Crippen LogP contribution in [0.4, 0.5) is 0 Å². The van der Waals surface area contributed by atoms with Gasteiger partial charge in [-0.05, 0) is 35.2 Å². The van der Waals surface area contributed by atoms with Crippen LogP contribution in [0, 0.1) is 0 Å². The summed E-state index contributed by atoms with van der Waals surface area (Å²) in [6, 6.07) is 16.0. The Bertz CT molecular complexity index is 522. The number of aryl methyl sites for hydroxylation is 1. The highest BCUT2D eigenvalue weighted by atomic mass is 79.9. The van der Waals surface area contributed by atoms with E-state index >= 15 is 0 Å². The molecule has 0 aliphatic heterocycles. The SMILES string of the molecule is CCCc1cccc(C(O)c2cccc(Br)c2)c1. The highest BCUT2D eigenvalue weighted by Gasteiger charge is 2.10. The predicted molar refractivity (Wildman–Crippen MR) is 78.6 cm³/mol. The fourth-order valence-corrected chi connectivity index (χ4v) is 2.49. The molecule has 0 amide bonds. The number of hydrogen-bond acceptors (Lipinski definition) is 1. The Morgan fingerprint density at radius 3 is 2.39 bits per heavy atom. The molecule has 2 rings (SSSR count). The Morgan fingerprint density at radius 2 is 1.72 bits per heavy atom. The van der Waals surface area contributed by atoms with Gasteiger partial charge in [0.15, 0.2) is 0 Å². The van der Waals surface area contributed by atoms with Crippen molar-refractivity contribution in [2.24, 2.45) is 0 Å². The molecule has 94 valence electrons. The van der Waals surface area contributed by atoms with E-state index in [2.05, 4.69) is 35.0 Å². The maximum Gasteiger partial charge on any atom is 0.104 e. The molecule has 0 aliphatic carbocycles. The summed E-state index contributed by atoms with van der Waals surface area (Å²) in [5, 5.41) is 10.4. The number of aliphatic hydroxyl groups excluding tert-OH is 1. The predicted octanol–water partition coefficient (Wildman–Crippen LogP) is 4.48. The largest absolute Gasteiger partial charge is 0.384 e. The first kappa shape index (κ1) is 13.3. The van der Waals surface area contributed by atoms with Crippen LogP contribution in [0.1, 0.15) is 36.1 Å². The minimum Gasteiger partial charge on any atom is -0.384 e. The maximum atomic E-state index is 10.4. The zero-order valence-corrected chi connectivity index (χ0v) is 12.0. The van der Waals surface area contributed by atoms with Crippen molar-refractivity contribution in [1.29, 1.82) is 0 Å². The summed E-state index contributed by atoms with van der Waals surface area (Å²) in [4.78, 5) is 0. The minimum atomic E-state index is -0.556. The van der Waals surface area contributed by atoms with Crippen molar-refractivity contribution in [2.45, 2.75) is 25.9 Å². The van der Waals surface area contributed by atoms with E-state index in [0.29, 0.717) is 0 Å². The lowest BCUT2D eigenvalue weighted by Gasteiger charge is -2.13. The van der Waals surface area contributed by atoms with Crippen LogP contribution >= 0.6 is 15.9 Å². The standard InChI is InChI=1S/C16H17BrO/c1-2-5-12-6-3-7-13(10-12)16(18)14-8-4-9-15(17)11-14/h3-4,6-11,16,18H,2,5H2,1H3. The second kappa shape index (κ2) is 6.17. The molecule has 0 radical (unpaired) electrons. The van der Waals surface area contributed by atoms with Gasteiger partial charge in [0.25, 0.3) is 0 Å². The third-order valence-corrected chi connectivity index (χ3v) is 3.46. The van der Waals surface area contributed by atoms with Crippen molar-refractivity contribution < 1.29 is 5.11 Å². The lowest BCUT2D eigenvalue weighted by molar-refractivity contribution is 0.220. The number of rotatable bonds is 4. The van der Waals surface area contributed by atoms with Crippen LogP contribution in [-0.2, 0) is 6.42 Å². The van der Waals surface area contributed by atoms with Crippen molar-refractivity contribution in [2.75, 3.05) is 0 Å². The number of benzene rings is 2. The van der Waals surface area contributed by atoms with Gasteiger partial charge in [0.2, 0.25) is 0 Å². The van der Waals surface area contributed by atoms with E-state index in [1.54, 1.807) is 0 Å². The second-order valence-electron chi connectivity index (χ2n) is 4.45. The van der Waals surface area contributed by atoms with Gasteiger partial charge in [0.05, 0.1) is 0 Å². The molecule has 2 heteroatoms. The summed E-state index contributed by atoms with van der Waals surface area (Å²) in [5.74, 6) is 0. The average molecular weight is 305 g/mol. The monoisotopic (exact) mass is 304 g/mol. The van der Waals surface area contributed by atoms with E-state index in [4.69, 9.17) is 0 Å². The Kier molecular flexibility index (Phi) is 4.56. The molecule has 0 fully saturated rings. The van der Waals surface area contributed by atoms with Crippen LogP contribution < -0.4 is 0 Å². The van der Waals surface area contributed by atoms with Crippen molar-refractivity contribution >= 4 is 15.9 Å². The second-order valence-corrected chi connectivity index (χ2v) is 5.37. The molecule has 0 heterocycles. The highest BCUT2D eigenvalue weighted by Crippen LogP contribution is 2.25. The molecule has 0 bridgehead atoms. The fourth-order valence-electron chi connectivity index (χ4n) is 2.08. The Labute approximate surface area is 117 Å². The molecule has 18 heavy (non-hydrogen) atoms. The molecule has 0 saturated carbocycles. The van der Waals surface area contributed by atoms with E-state index in [9.17, 15) is 5.11 Å². The lowest BCUT2D eigenvalue weighted by Crippen LogP contribution is -2.00. The molecule has 0 saturated heterocycles. The van der Waals surface area contributed by atoms with Gasteiger partial charge in [0.1, 0.15) is 6.10 Å². The number of aliphatic hydroxyl groups is 1. The summed E-state index contributed by atoms with van der Waals surface area (Å²) < 4.78 is 0.990. The van der Waals surface area contributed by atoms with Crippen LogP contribution in [0.25, 0.3) is 0 Å². The molecular weight excluding hydrogens is 288 g/mol. The van der Waals surface area contributed by atoms with Crippen LogP contribution in [0.15, 0.2) is 53.0 Å². The molecule has 0 aromatic heterocycles. The Hall–Kier alpha value is -1.12. The topological polar surface area (TPSA) is 20.2 Å². The third kappa shape index (κ3) is 3.21. The van der Waals surface area contributed by atoms with Crippen LogP contribution in [0.3, 0.4) is 0 Å². The summed E-state index contributed by atoms with van der Waals surface area (Å²) in [6.07, 6.45) is 1.62. The number of halogens is 1. The Balaban J connectivity index is 2.27. The van der Waals surface area contributed by atoms with E-state index < -0.39 is 6.10 Å². The zero-order chi connectivity index (χ0) is 13.0. The molecule has 2 aromatic carbocycles. The summed E-state index contributed by atoms with van der Waals surface area (Å²) in [5.41, 5.74) is 3.15. The van der Waals surface area contributed by atoms with Crippen molar-refractivity contribution in [1.82, 2.24) is 0 Å². The molecule has 2 aromatic rings. The highest BCUT2D eigenvalue weighted by molar-refractivity contribution is 9.10. The van der Waals surface area contributed by atoms with E-state index in [1.165, 1.54) is 5.56 Å². The van der Waals surface area contributed by atoms with Gasteiger partial charge in [-0.3, -0.25) is 0 Å². The normalized spacial score (nSPS) is 12.4. The van der Waals surface area contributed by atoms with Gasteiger partial charge in [-0.2, -0.15) is 0 Å². The van der Waals surface area contributed by atoms with Gasteiger partial charge in [0, 0.05) is 4.47 Å². The minimum absolute atomic E-state index is 0.556. The molecule has 1 atom stereocenters. The van der Waals surface area contributed by atoms with Crippen molar-refractivity contribution in [3.05, 3.63) is 69.7 Å². The first-order chi connectivity index (χ1) is 8.70. The van der Waals surface area contributed by atoms with Crippen LogP contribution in [0.5, 0.6) is 0 Å². The smallest absolute Gasteiger partial charge is 0.104 e. The maximum absolute atomic E-state index is 10.4.